The summed E-state index contributed by atoms with van der Waals surface area (Å²) in [4.78, 5) is 62.6. The Bertz CT molecular complexity index is 2590. The van der Waals surface area contributed by atoms with Crippen LogP contribution in [0, 0.1) is 23.7 Å². The fourth-order valence-electron chi connectivity index (χ4n) is 12.0. The molecule has 3 saturated carbocycles. The first kappa shape index (κ1) is 38.8. The van der Waals surface area contributed by atoms with E-state index in [1.54, 1.807) is 13.0 Å². The van der Waals surface area contributed by atoms with Gasteiger partial charge in [0.25, 0.3) is 0 Å². The van der Waals surface area contributed by atoms with E-state index in [0.29, 0.717) is 70.2 Å². The fourth-order valence-corrected chi connectivity index (χ4v) is 12.0. The van der Waals surface area contributed by atoms with Crippen molar-refractivity contribution in [2.24, 2.45) is 28.7 Å². The largest absolute Gasteiger partial charge is 0.482 e. The van der Waals surface area contributed by atoms with Crippen molar-refractivity contribution in [1.29, 1.82) is 0 Å². The molecule has 5 heterocycles. The molecule has 0 aromatic heterocycles. The number of methoxy groups -OCH3 is 1. The Morgan fingerprint density at radius 1 is 0.917 bits per heavy atom. The van der Waals surface area contributed by atoms with E-state index in [1.165, 1.54) is 12.7 Å². The summed E-state index contributed by atoms with van der Waals surface area (Å²) in [6, 6.07) is 7.52. The second-order valence-corrected chi connectivity index (χ2v) is 19.1. The van der Waals surface area contributed by atoms with Gasteiger partial charge in [-0.3, -0.25) is 19.4 Å². The lowest BCUT2D eigenvalue weighted by Gasteiger charge is -2.62. The topological polar surface area (TPSA) is 127 Å². The Balaban J connectivity index is 1.32. The molecule has 60 heavy (non-hydrogen) atoms. The number of hydrogen-bond donors (Lipinski definition) is 0. The third kappa shape index (κ3) is 5.00. The predicted molar refractivity (Wildman–Crippen MR) is 225 cm³/mol. The summed E-state index contributed by atoms with van der Waals surface area (Å²) in [5.41, 5.74) is 4.01. The Labute approximate surface area is 350 Å². The molecule has 0 N–H and O–H groups in total. The van der Waals surface area contributed by atoms with Crippen molar-refractivity contribution in [2.75, 3.05) is 7.11 Å². The number of ether oxygens (including phenoxy) is 5. The van der Waals surface area contributed by atoms with Gasteiger partial charge in [-0.1, -0.05) is 53.6 Å². The lowest BCUT2D eigenvalue weighted by atomic mass is 9.43. The number of carbonyl (C=O) groups excluding carboxylic acids is 4. The van der Waals surface area contributed by atoms with Crippen LogP contribution in [0.15, 0.2) is 75.9 Å². The Morgan fingerprint density at radius 3 is 2.35 bits per heavy atom. The number of fused-ring (bicyclic) bond motifs is 6. The van der Waals surface area contributed by atoms with Crippen LogP contribution >= 0.6 is 0 Å². The first-order valence-corrected chi connectivity index (χ1v) is 21.2. The van der Waals surface area contributed by atoms with Gasteiger partial charge in [-0.25, -0.2) is 4.79 Å². The number of nitrogens with zero attached hydrogens (tertiary/aromatic N) is 1. The quantitative estimate of drug-likeness (QED) is 0.111. The summed E-state index contributed by atoms with van der Waals surface area (Å²) >= 11 is 0. The van der Waals surface area contributed by atoms with Gasteiger partial charge in [0.15, 0.2) is 28.5 Å². The molecule has 2 aromatic rings. The summed E-state index contributed by atoms with van der Waals surface area (Å²) < 4.78 is 33.6. The highest BCUT2D eigenvalue weighted by Crippen LogP contribution is 2.75. The van der Waals surface area contributed by atoms with Gasteiger partial charge in [0, 0.05) is 52.0 Å². The first-order valence-electron chi connectivity index (χ1n) is 21.2. The zero-order chi connectivity index (χ0) is 42.4. The lowest BCUT2D eigenvalue weighted by Crippen LogP contribution is -2.75. The van der Waals surface area contributed by atoms with Gasteiger partial charge in [-0.2, -0.15) is 0 Å². The SMILES string of the molecule is COC(=O)C(C)=CCC12OC(C)(C)C3CC(C1=O)C1C4=C(N=C5c6ccccc6C(=O)C51)c1c(c(CC=C(C)C)c5c6c1OC(=O)CC6=CC(C)(CCC=C(C)C)O5)OC432. The van der Waals surface area contributed by atoms with E-state index in [2.05, 4.69) is 39.0 Å². The molecule has 310 valence electrons. The maximum atomic E-state index is 15.7. The van der Waals surface area contributed by atoms with Crippen LogP contribution in [-0.4, -0.2) is 58.7 Å². The van der Waals surface area contributed by atoms with Crippen molar-refractivity contribution >= 4 is 40.5 Å². The second kappa shape index (κ2) is 12.8. The van der Waals surface area contributed by atoms with E-state index < -0.39 is 52.1 Å². The van der Waals surface area contributed by atoms with E-state index in [1.807, 2.05) is 52.0 Å². The Morgan fingerprint density at radius 2 is 1.63 bits per heavy atom. The number of hydrogen-bond acceptors (Lipinski definition) is 10. The molecule has 7 atom stereocenters. The van der Waals surface area contributed by atoms with Crippen LogP contribution < -0.4 is 14.2 Å². The standard InChI is InChI=1S/C50H51NO9/c1-24(2)13-12-19-48(8)23-27-21-33(52)57-44-34(27)42(58-48)30(17-16-25(3)4)43-37(44)40-38-35(36-39(51-40)28-14-10-11-15-29(28)41(36)53)31-22-32-47(6,7)60-49(45(31)54,50(32,38)59-43)20-18-26(5)46(55)56-9/h10-11,13-16,18,23,31-32,35-36H,12,17,19-22H2,1-9H3. The molecule has 10 heteroatoms. The van der Waals surface area contributed by atoms with Crippen LogP contribution in [0.1, 0.15) is 120 Å². The predicted octanol–water partition coefficient (Wildman–Crippen LogP) is 8.84. The van der Waals surface area contributed by atoms with Gasteiger partial charge in [0.2, 0.25) is 0 Å². The molecule has 4 aliphatic carbocycles. The first-order chi connectivity index (χ1) is 28.5. The highest BCUT2D eigenvalue weighted by Gasteiger charge is 2.84. The average Bonchev–Trinajstić information content (AvgIpc) is 3.55. The average molecular weight is 810 g/mol. The molecular formula is C50H51NO9. The van der Waals surface area contributed by atoms with Crippen molar-refractivity contribution in [3.05, 3.63) is 98.7 Å². The highest BCUT2D eigenvalue weighted by molar-refractivity contribution is 6.31. The maximum absolute atomic E-state index is 15.7. The fraction of sp³-hybridized carbons (Fsp3) is 0.460. The van der Waals surface area contributed by atoms with Crippen LogP contribution in [-0.2, 0) is 30.3 Å². The number of aliphatic imine (C=N–C) groups is 1. The van der Waals surface area contributed by atoms with E-state index in [4.69, 9.17) is 28.7 Å². The van der Waals surface area contributed by atoms with E-state index in [9.17, 15) is 14.4 Å². The summed E-state index contributed by atoms with van der Waals surface area (Å²) in [6.07, 6.45) is 10.5. The van der Waals surface area contributed by atoms with Crippen molar-refractivity contribution in [3.8, 4) is 17.2 Å². The molecule has 11 rings (SSSR count). The summed E-state index contributed by atoms with van der Waals surface area (Å²) in [6.45, 7) is 16.0. The lowest BCUT2D eigenvalue weighted by molar-refractivity contribution is -0.183. The summed E-state index contributed by atoms with van der Waals surface area (Å²) in [5.74, 6) is -2.07. The molecule has 10 nitrogen and oxygen atoms in total. The van der Waals surface area contributed by atoms with Gasteiger partial charge >= 0.3 is 11.9 Å². The molecule has 0 amide bonds. The third-order valence-corrected chi connectivity index (χ3v) is 14.4. The van der Waals surface area contributed by atoms with E-state index >= 15 is 4.79 Å². The zero-order valence-electron chi connectivity index (χ0n) is 35.8. The second-order valence-electron chi connectivity index (χ2n) is 19.1. The number of benzene rings is 2. The molecule has 5 aliphatic heterocycles. The van der Waals surface area contributed by atoms with Gasteiger partial charge in [0.05, 0.1) is 47.6 Å². The minimum atomic E-state index is -1.60. The highest BCUT2D eigenvalue weighted by atomic mass is 16.6. The molecular weight excluding hydrogens is 759 g/mol. The minimum Gasteiger partial charge on any atom is -0.482 e. The Hall–Kier alpha value is -5.35. The van der Waals surface area contributed by atoms with Gasteiger partial charge < -0.3 is 23.7 Å². The maximum Gasteiger partial charge on any atom is 0.333 e. The minimum absolute atomic E-state index is 0.0271. The monoisotopic (exact) mass is 809 g/mol. The molecule has 7 unspecified atom stereocenters. The molecule has 9 aliphatic rings. The van der Waals surface area contributed by atoms with Crippen molar-refractivity contribution < 1.29 is 42.9 Å². The van der Waals surface area contributed by atoms with Gasteiger partial charge in [-0.15, -0.1) is 0 Å². The van der Waals surface area contributed by atoms with E-state index in [0.717, 1.165) is 34.3 Å². The molecule has 1 saturated heterocycles. The van der Waals surface area contributed by atoms with Gasteiger partial charge in [-0.05, 0) is 92.7 Å². The third-order valence-electron chi connectivity index (χ3n) is 14.4. The van der Waals surface area contributed by atoms with Crippen LogP contribution in [0.2, 0.25) is 0 Å². The number of esters is 2. The molecule has 2 aromatic carbocycles. The Kier molecular flexibility index (Phi) is 8.30. The van der Waals surface area contributed by atoms with Gasteiger partial charge in [0.1, 0.15) is 17.1 Å². The van der Waals surface area contributed by atoms with Crippen LogP contribution in [0.25, 0.3) is 11.3 Å². The van der Waals surface area contributed by atoms with Crippen molar-refractivity contribution in [3.63, 3.8) is 0 Å². The van der Waals surface area contributed by atoms with Crippen LogP contribution in [0.3, 0.4) is 0 Å². The zero-order valence-corrected chi connectivity index (χ0v) is 35.8. The number of allylic oxidation sites excluding steroid dienone is 4. The van der Waals surface area contributed by atoms with Crippen molar-refractivity contribution in [1.82, 2.24) is 0 Å². The molecule has 4 fully saturated rings. The molecule has 0 radical (unpaired) electrons. The molecule has 4 bridgehead atoms. The molecule has 1 spiro atoms. The summed E-state index contributed by atoms with van der Waals surface area (Å²) in [7, 11) is 1.33. The number of rotatable bonds is 8. The smallest absolute Gasteiger partial charge is 0.333 e. The number of Topliss-reactive ketones (excluding diaryl/α,β-unsaturated/α-hetero) is 2. The van der Waals surface area contributed by atoms with Crippen molar-refractivity contribution in [2.45, 2.75) is 116 Å². The van der Waals surface area contributed by atoms with E-state index in [-0.39, 0.29) is 30.3 Å². The summed E-state index contributed by atoms with van der Waals surface area (Å²) in [5, 5.41) is 0. The van der Waals surface area contributed by atoms with Crippen LogP contribution in [0.4, 0.5) is 0 Å². The normalized spacial score (nSPS) is 31.6. The number of carbonyl (C=O) groups is 4. The van der Waals surface area contributed by atoms with Crippen LogP contribution in [0.5, 0.6) is 17.2 Å². The number of ketones is 2.